The quantitative estimate of drug-likeness (QED) is 0.889. The van der Waals surface area contributed by atoms with Gasteiger partial charge >= 0.3 is 6.03 Å². The first-order chi connectivity index (χ1) is 8.59. The van der Waals surface area contributed by atoms with Crippen molar-refractivity contribution in [3.05, 3.63) is 22.4 Å². The van der Waals surface area contributed by atoms with Crippen LogP contribution in [-0.4, -0.2) is 47.9 Å². The van der Waals surface area contributed by atoms with Crippen LogP contribution in [0.4, 0.5) is 4.79 Å². The van der Waals surface area contributed by atoms with Crippen molar-refractivity contribution in [3.63, 3.8) is 0 Å². The van der Waals surface area contributed by atoms with Crippen molar-refractivity contribution in [1.82, 2.24) is 15.1 Å². The lowest BCUT2D eigenvalue weighted by Gasteiger charge is -2.26. The Morgan fingerprint density at radius 2 is 2.44 bits per heavy atom. The number of amides is 3. The van der Waals surface area contributed by atoms with Gasteiger partial charge in [-0.15, -0.1) is 0 Å². The van der Waals surface area contributed by atoms with Gasteiger partial charge < -0.3 is 5.32 Å². The van der Waals surface area contributed by atoms with Gasteiger partial charge in [0.05, 0.1) is 6.04 Å². The largest absolute Gasteiger partial charge is 0.336 e. The standard InChI is InChI=1S/C12H17N3O2S/c1-9(11(16)15-5-4-13-12(15)17)14(2)7-10-3-6-18-8-10/h3,6,8-9H,4-5,7H2,1-2H3,(H,13,17)/t9-/m1/s1. The van der Waals surface area contributed by atoms with E-state index in [1.165, 1.54) is 10.5 Å². The molecule has 1 fully saturated rings. The molecule has 0 unspecified atom stereocenters. The Balaban J connectivity index is 1.95. The fourth-order valence-electron chi connectivity index (χ4n) is 1.90. The zero-order valence-electron chi connectivity index (χ0n) is 10.5. The Hall–Kier alpha value is -1.40. The average molecular weight is 267 g/mol. The molecule has 0 aliphatic carbocycles. The fraction of sp³-hybridized carbons (Fsp3) is 0.500. The number of hydrogen-bond donors (Lipinski definition) is 1. The Kier molecular flexibility index (Phi) is 3.98. The SMILES string of the molecule is C[C@H](C(=O)N1CCNC1=O)N(C)Cc1ccsc1. The first-order valence-corrected chi connectivity index (χ1v) is 6.84. The van der Waals surface area contributed by atoms with Crippen LogP contribution in [0.1, 0.15) is 12.5 Å². The van der Waals surface area contributed by atoms with Crippen molar-refractivity contribution < 1.29 is 9.59 Å². The molecule has 5 nitrogen and oxygen atoms in total. The minimum absolute atomic E-state index is 0.136. The molecule has 0 radical (unpaired) electrons. The third-order valence-corrected chi connectivity index (χ3v) is 3.89. The third-order valence-electron chi connectivity index (χ3n) is 3.15. The summed E-state index contributed by atoms with van der Waals surface area (Å²) in [5.41, 5.74) is 1.19. The van der Waals surface area contributed by atoms with E-state index in [0.29, 0.717) is 19.6 Å². The fourth-order valence-corrected chi connectivity index (χ4v) is 2.56. The zero-order valence-corrected chi connectivity index (χ0v) is 11.4. The topological polar surface area (TPSA) is 52.7 Å². The second kappa shape index (κ2) is 5.49. The number of carbonyl (C=O) groups excluding carboxylic acids is 2. The maximum absolute atomic E-state index is 12.2. The Morgan fingerprint density at radius 3 is 3.00 bits per heavy atom. The monoisotopic (exact) mass is 267 g/mol. The molecule has 0 saturated carbocycles. The number of carbonyl (C=O) groups is 2. The number of nitrogens with zero attached hydrogens (tertiary/aromatic N) is 2. The van der Waals surface area contributed by atoms with Crippen molar-refractivity contribution in [2.45, 2.75) is 19.5 Å². The number of likely N-dealkylation sites (N-methyl/N-ethyl adjacent to an activating group) is 1. The summed E-state index contributed by atoms with van der Waals surface area (Å²) in [6.07, 6.45) is 0. The highest BCUT2D eigenvalue weighted by Crippen LogP contribution is 2.12. The number of nitrogens with one attached hydrogen (secondary N) is 1. The smallest absolute Gasteiger partial charge is 0.324 e. The van der Waals surface area contributed by atoms with E-state index in [1.54, 1.807) is 11.3 Å². The van der Waals surface area contributed by atoms with Crippen LogP contribution in [0.5, 0.6) is 0 Å². The number of rotatable bonds is 4. The van der Waals surface area contributed by atoms with Gasteiger partial charge in [-0.2, -0.15) is 11.3 Å². The normalized spacial score (nSPS) is 17.1. The van der Waals surface area contributed by atoms with E-state index in [9.17, 15) is 9.59 Å². The highest BCUT2D eigenvalue weighted by atomic mass is 32.1. The summed E-state index contributed by atoms with van der Waals surface area (Å²) in [4.78, 5) is 26.8. The molecule has 6 heteroatoms. The zero-order chi connectivity index (χ0) is 13.1. The molecule has 2 heterocycles. The van der Waals surface area contributed by atoms with Crippen molar-refractivity contribution in [1.29, 1.82) is 0 Å². The van der Waals surface area contributed by atoms with Crippen LogP contribution in [0.15, 0.2) is 16.8 Å². The van der Waals surface area contributed by atoms with Crippen molar-refractivity contribution in [2.75, 3.05) is 20.1 Å². The maximum atomic E-state index is 12.2. The highest BCUT2D eigenvalue weighted by Gasteiger charge is 2.31. The molecule has 0 bridgehead atoms. The summed E-state index contributed by atoms with van der Waals surface area (Å²) in [5.74, 6) is -0.136. The Morgan fingerprint density at radius 1 is 1.67 bits per heavy atom. The number of thiophene rings is 1. The molecular weight excluding hydrogens is 250 g/mol. The summed E-state index contributed by atoms with van der Waals surface area (Å²) in [5, 5.41) is 6.72. The Bertz CT molecular complexity index is 433. The highest BCUT2D eigenvalue weighted by molar-refractivity contribution is 7.07. The van der Waals surface area contributed by atoms with Crippen LogP contribution in [0.3, 0.4) is 0 Å². The van der Waals surface area contributed by atoms with Gasteiger partial charge in [-0.3, -0.25) is 14.6 Å². The van der Waals surface area contributed by atoms with Crippen molar-refractivity contribution in [3.8, 4) is 0 Å². The molecule has 18 heavy (non-hydrogen) atoms. The summed E-state index contributed by atoms with van der Waals surface area (Å²) < 4.78 is 0. The van der Waals surface area contributed by atoms with E-state index in [4.69, 9.17) is 0 Å². The average Bonchev–Trinajstić information content (AvgIpc) is 2.98. The lowest BCUT2D eigenvalue weighted by Crippen LogP contribution is -2.46. The third kappa shape index (κ3) is 2.70. The first kappa shape index (κ1) is 13.0. The molecule has 1 aliphatic rings. The van der Waals surface area contributed by atoms with Gasteiger partial charge in [0.1, 0.15) is 0 Å². The first-order valence-electron chi connectivity index (χ1n) is 5.90. The molecule has 98 valence electrons. The van der Waals surface area contributed by atoms with Crippen LogP contribution in [0.2, 0.25) is 0 Å². The van der Waals surface area contributed by atoms with Gasteiger partial charge in [-0.1, -0.05) is 0 Å². The van der Waals surface area contributed by atoms with Crippen molar-refractivity contribution >= 4 is 23.3 Å². The summed E-state index contributed by atoms with van der Waals surface area (Å²) in [6, 6.07) is 1.46. The minimum atomic E-state index is -0.297. The molecule has 3 amide bonds. The van der Waals surface area contributed by atoms with E-state index in [0.717, 1.165) is 0 Å². The molecule has 1 aromatic rings. The molecule has 2 rings (SSSR count). The lowest BCUT2D eigenvalue weighted by atomic mass is 10.2. The van der Waals surface area contributed by atoms with E-state index < -0.39 is 0 Å². The van der Waals surface area contributed by atoms with Crippen LogP contribution >= 0.6 is 11.3 Å². The van der Waals surface area contributed by atoms with Gasteiger partial charge in [-0.25, -0.2) is 4.79 Å². The minimum Gasteiger partial charge on any atom is -0.336 e. The molecule has 1 N–H and O–H groups in total. The van der Waals surface area contributed by atoms with Gasteiger partial charge in [0, 0.05) is 19.6 Å². The van der Waals surface area contributed by atoms with Gasteiger partial charge in [0.15, 0.2) is 0 Å². The second-order valence-corrected chi connectivity index (χ2v) is 5.22. The molecule has 1 saturated heterocycles. The predicted molar refractivity (Wildman–Crippen MR) is 70.4 cm³/mol. The molecule has 0 aromatic carbocycles. The molecule has 1 aromatic heterocycles. The van der Waals surface area contributed by atoms with Crippen molar-refractivity contribution in [2.24, 2.45) is 0 Å². The van der Waals surface area contributed by atoms with Crippen LogP contribution in [0.25, 0.3) is 0 Å². The van der Waals surface area contributed by atoms with E-state index in [-0.39, 0.29) is 18.0 Å². The molecule has 1 aliphatic heterocycles. The number of imide groups is 1. The molecule has 1 atom stereocenters. The Labute approximate surface area is 110 Å². The summed E-state index contributed by atoms with van der Waals surface area (Å²) in [6.45, 7) is 3.56. The van der Waals surface area contributed by atoms with Gasteiger partial charge in [0.2, 0.25) is 5.91 Å². The predicted octanol–water partition coefficient (Wildman–Crippen LogP) is 1.12. The molecular formula is C12H17N3O2S. The number of hydrogen-bond acceptors (Lipinski definition) is 4. The van der Waals surface area contributed by atoms with Crippen LogP contribution < -0.4 is 5.32 Å². The summed E-state index contributed by atoms with van der Waals surface area (Å²) >= 11 is 1.64. The number of urea groups is 1. The van der Waals surface area contributed by atoms with E-state index in [1.807, 2.05) is 30.3 Å². The maximum Gasteiger partial charge on any atom is 0.324 e. The summed E-state index contributed by atoms with van der Waals surface area (Å²) in [7, 11) is 1.90. The van der Waals surface area contributed by atoms with Crippen LogP contribution in [-0.2, 0) is 11.3 Å². The van der Waals surface area contributed by atoms with E-state index >= 15 is 0 Å². The lowest BCUT2D eigenvalue weighted by molar-refractivity contribution is -0.132. The van der Waals surface area contributed by atoms with Crippen LogP contribution in [0, 0.1) is 0 Å². The van der Waals surface area contributed by atoms with Gasteiger partial charge in [-0.05, 0) is 36.4 Å². The molecule has 0 spiro atoms. The second-order valence-electron chi connectivity index (χ2n) is 4.44. The van der Waals surface area contributed by atoms with E-state index in [2.05, 4.69) is 10.7 Å². The van der Waals surface area contributed by atoms with Gasteiger partial charge in [0.25, 0.3) is 0 Å².